The van der Waals surface area contributed by atoms with Crippen molar-refractivity contribution in [3.8, 4) is 0 Å². The summed E-state index contributed by atoms with van der Waals surface area (Å²) in [7, 11) is -2.86. The highest BCUT2D eigenvalue weighted by atomic mass is 127. The minimum atomic E-state index is -2.86. The number of hydrogen-bond donors (Lipinski definition) is 0. The van der Waals surface area contributed by atoms with Crippen LogP contribution in [0.5, 0.6) is 0 Å². The van der Waals surface area contributed by atoms with E-state index in [-0.39, 0.29) is 17.2 Å². The highest BCUT2D eigenvalue weighted by Crippen LogP contribution is 2.38. The van der Waals surface area contributed by atoms with E-state index < -0.39 is 26.6 Å². The van der Waals surface area contributed by atoms with Gasteiger partial charge in [0.15, 0.2) is 0 Å². The monoisotopic (exact) mass is 812 g/mol. The molecule has 0 radical (unpaired) electrons. The van der Waals surface area contributed by atoms with Crippen LogP contribution < -0.4 is 10.4 Å². The first-order valence-corrected chi connectivity index (χ1v) is 21.3. The van der Waals surface area contributed by atoms with Crippen LogP contribution in [0.4, 0.5) is 0 Å². The van der Waals surface area contributed by atoms with Crippen molar-refractivity contribution in [2.75, 3.05) is 11.0 Å². The van der Waals surface area contributed by atoms with Crippen molar-refractivity contribution in [3.63, 3.8) is 0 Å². The Balaban J connectivity index is 1.38. The zero-order chi connectivity index (χ0) is 35.5. The van der Waals surface area contributed by atoms with E-state index in [2.05, 4.69) is 140 Å². The number of rotatable bonds is 15. The second-order valence-corrected chi connectivity index (χ2v) is 19.3. The maximum absolute atomic E-state index is 7.49. The first-order chi connectivity index (χ1) is 24.9. The maximum atomic E-state index is 7.49. The number of alkyl halides is 1. The van der Waals surface area contributed by atoms with Gasteiger partial charge in [0.05, 0.1) is 32.5 Å². The minimum Gasteiger partial charge on any atom is -0.405 e. The summed E-state index contributed by atoms with van der Waals surface area (Å²) in [6.07, 6.45) is -1.89. The molecule has 0 N–H and O–H groups in total. The Bertz CT molecular complexity index is 1680. The van der Waals surface area contributed by atoms with Crippen molar-refractivity contribution in [1.29, 1.82) is 0 Å². The fraction of sp³-hybridized carbons (Fsp3) is 0.318. The zero-order valence-electron chi connectivity index (χ0n) is 29.8. The third kappa shape index (κ3) is 9.26. The van der Waals surface area contributed by atoms with Crippen LogP contribution in [0.25, 0.3) is 0 Å². The van der Waals surface area contributed by atoms with Gasteiger partial charge in [0.2, 0.25) is 0 Å². The molecule has 0 aromatic heterocycles. The van der Waals surface area contributed by atoms with Gasteiger partial charge in [-0.2, -0.15) is 0 Å². The molecule has 0 aliphatic carbocycles. The fourth-order valence-electron chi connectivity index (χ4n) is 7.11. The molecule has 1 saturated heterocycles. The van der Waals surface area contributed by atoms with Crippen molar-refractivity contribution in [2.24, 2.45) is 0 Å². The van der Waals surface area contributed by atoms with Gasteiger partial charge in [-0.3, -0.25) is 0 Å². The third-order valence-corrected chi connectivity index (χ3v) is 15.5. The molecule has 51 heavy (non-hydrogen) atoms. The van der Waals surface area contributed by atoms with Crippen molar-refractivity contribution in [1.82, 2.24) is 0 Å². The van der Waals surface area contributed by atoms with Gasteiger partial charge in [-0.1, -0.05) is 195 Å². The van der Waals surface area contributed by atoms with Crippen molar-refractivity contribution >= 4 is 41.3 Å². The molecule has 1 aliphatic heterocycles. The molecule has 5 aromatic carbocycles. The molecule has 1 aliphatic rings. The van der Waals surface area contributed by atoms with E-state index in [0.29, 0.717) is 26.4 Å². The average molecular weight is 813 g/mol. The molecule has 0 saturated carbocycles. The maximum Gasteiger partial charge on any atom is 0.261 e. The lowest BCUT2D eigenvalue weighted by molar-refractivity contribution is -0.264. The molecule has 0 amide bonds. The fourth-order valence-corrected chi connectivity index (χ4v) is 12.4. The Hall–Kier alpha value is -3.15. The van der Waals surface area contributed by atoms with Gasteiger partial charge in [0.25, 0.3) is 8.32 Å². The van der Waals surface area contributed by atoms with Gasteiger partial charge in [0.1, 0.15) is 24.4 Å². The van der Waals surface area contributed by atoms with Gasteiger partial charge in [-0.15, -0.1) is 0 Å². The van der Waals surface area contributed by atoms with Gasteiger partial charge >= 0.3 is 0 Å². The number of halogens is 1. The average Bonchev–Trinajstić information content (AvgIpc) is 3.17. The second kappa shape index (κ2) is 18.1. The summed E-state index contributed by atoms with van der Waals surface area (Å²) in [5.74, 6) is 0. The Morgan fingerprint density at radius 2 is 0.863 bits per heavy atom. The smallest absolute Gasteiger partial charge is 0.261 e. The molecule has 5 aromatic rings. The van der Waals surface area contributed by atoms with E-state index >= 15 is 0 Å². The predicted octanol–water partition coefficient (Wildman–Crippen LogP) is 8.52. The topological polar surface area (TPSA) is 46.2 Å². The third-order valence-electron chi connectivity index (χ3n) is 9.62. The Labute approximate surface area is 318 Å². The van der Waals surface area contributed by atoms with Gasteiger partial charge in [-0.25, -0.2) is 0 Å². The van der Waals surface area contributed by atoms with Crippen LogP contribution in [0.3, 0.4) is 0 Å². The van der Waals surface area contributed by atoms with Crippen LogP contribution in [0.1, 0.15) is 37.5 Å². The summed E-state index contributed by atoms with van der Waals surface area (Å²) in [6, 6.07) is 52.4. The van der Waals surface area contributed by atoms with E-state index in [9.17, 15) is 0 Å². The van der Waals surface area contributed by atoms with Crippen LogP contribution in [0.2, 0.25) is 5.04 Å². The van der Waals surface area contributed by atoms with Gasteiger partial charge in [0, 0.05) is 4.43 Å². The lowest BCUT2D eigenvalue weighted by Crippen LogP contribution is -2.68. The lowest BCUT2D eigenvalue weighted by Gasteiger charge is -2.48. The standard InChI is InChI=1S/C44H49IO5Si/c1-44(2,3)51(37-25-15-7-16-26-37,38-27-17-8-18-28-38)49-33-40-42(47-31-35-21-11-5-12-22-35)43(48-32-36-23-13-6-14-24-36)41(39(29-45)50-40)46-30-34-19-9-4-10-20-34/h4-28,39-43H,29-33H2,1-3H3/t39-,40+,41-,42-,43+/m0/s1. The number of hydrogen-bond acceptors (Lipinski definition) is 5. The van der Waals surface area contributed by atoms with Crippen LogP contribution >= 0.6 is 22.6 Å². The Morgan fingerprint density at radius 3 is 1.24 bits per heavy atom. The SMILES string of the molecule is CC(C)(C)[Si](OC[C@H]1O[C@@H](CI)[C@H](OCc2ccccc2)[C@@H](OCc2ccccc2)[C@H]1OCc1ccccc1)(c1ccccc1)c1ccccc1. The van der Waals surface area contributed by atoms with Crippen molar-refractivity contribution in [3.05, 3.63) is 168 Å². The van der Waals surface area contributed by atoms with Gasteiger partial charge < -0.3 is 23.4 Å². The molecular formula is C44H49IO5Si. The quantitative estimate of drug-likeness (QED) is 0.0603. The van der Waals surface area contributed by atoms with E-state index in [4.69, 9.17) is 23.4 Å². The predicted molar refractivity (Wildman–Crippen MR) is 216 cm³/mol. The second-order valence-electron chi connectivity index (χ2n) is 14.1. The summed E-state index contributed by atoms with van der Waals surface area (Å²) >= 11 is 2.42. The highest BCUT2D eigenvalue weighted by Gasteiger charge is 2.53. The van der Waals surface area contributed by atoms with Crippen LogP contribution in [0, 0.1) is 0 Å². The Kier molecular flexibility index (Phi) is 13.3. The molecule has 7 heteroatoms. The first-order valence-electron chi connectivity index (χ1n) is 17.8. The van der Waals surface area contributed by atoms with E-state index in [1.165, 1.54) is 10.4 Å². The molecule has 5 atom stereocenters. The summed E-state index contributed by atoms with van der Waals surface area (Å²) in [5, 5.41) is 2.28. The van der Waals surface area contributed by atoms with Gasteiger partial charge in [-0.05, 0) is 32.1 Å². The first kappa shape index (κ1) is 37.6. The molecule has 5 nitrogen and oxygen atoms in total. The highest BCUT2D eigenvalue weighted by molar-refractivity contribution is 14.1. The minimum absolute atomic E-state index is 0.183. The molecule has 6 rings (SSSR count). The summed E-state index contributed by atoms with van der Waals surface area (Å²) in [6.45, 7) is 8.54. The molecular weight excluding hydrogens is 763 g/mol. The van der Waals surface area contributed by atoms with Crippen molar-refractivity contribution in [2.45, 2.75) is 76.1 Å². The largest absolute Gasteiger partial charge is 0.405 e. The summed E-state index contributed by atoms with van der Waals surface area (Å²) in [4.78, 5) is 0. The van der Waals surface area contributed by atoms with Crippen LogP contribution in [-0.2, 0) is 43.2 Å². The summed E-state index contributed by atoms with van der Waals surface area (Å²) < 4.78 is 35.9. The molecule has 0 spiro atoms. The molecule has 0 unspecified atom stereocenters. The molecule has 1 heterocycles. The van der Waals surface area contributed by atoms with E-state index in [0.717, 1.165) is 21.1 Å². The van der Waals surface area contributed by atoms with E-state index in [1.54, 1.807) is 0 Å². The number of ether oxygens (including phenoxy) is 4. The molecule has 266 valence electrons. The Morgan fingerprint density at radius 1 is 0.510 bits per heavy atom. The van der Waals surface area contributed by atoms with E-state index in [1.807, 2.05) is 54.6 Å². The van der Waals surface area contributed by atoms with Crippen LogP contribution in [-0.4, -0.2) is 49.9 Å². The number of benzene rings is 5. The molecule has 1 fully saturated rings. The normalized spacial score (nSPS) is 21.0. The lowest BCUT2D eigenvalue weighted by atomic mass is 9.94. The van der Waals surface area contributed by atoms with Crippen LogP contribution in [0.15, 0.2) is 152 Å². The van der Waals surface area contributed by atoms with Crippen molar-refractivity contribution < 1.29 is 23.4 Å². The summed E-state index contributed by atoms with van der Waals surface area (Å²) in [5.41, 5.74) is 3.29. The zero-order valence-corrected chi connectivity index (χ0v) is 32.9. The molecule has 0 bridgehead atoms.